The number of anilines is 1. The number of nitrogens with zero attached hydrogens (tertiary/aromatic N) is 3. The van der Waals surface area contributed by atoms with E-state index in [1.165, 1.54) is 12.1 Å². The van der Waals surface area contributed by atoms with E-state index in [0.29, 0.717) is 27.8 Å². The molecule has 0 saturated carbocycles. The smallest absolute Gasteiger partial charge is 0.256 e. The summed E-state index contributed by atoms with van der Waals surface area (Å²) >= 11 is 0. The molecule has 3 aromatic rings. The molecule has 1 N–H and O–H groups in total. The Bertz CT molecular complexity index is 975. The van der Waals surface area contributed by atoms with Crippen molar-refractivity contribution in [3.8, 4) is 0 Å². The number of nitrogens with one attached hydrogen (secondary N) is 1. The first kappa shape index (κ1) is 18.0. The topological polar surface area (TPSA) is 59.8 Å². The van der Waals surface area contributed by atoms with Crippen LogP contribution in [0.1, 0.15) is 61.3 Å². The predicted molar refractivity (Wildman–Crippen MR) is 101 cm³/mol. The van der Waals surface area contributed by atoms with Gasteiger partial charge in [-0.15, -0.1) is 0 Å². The van der Waals surface area contributed by atoms with E-state index in [2.05, 4.69) is 10.4 Å². The highest BCUT2D eigenvalue weighted by Crippen LogP contribution is 2.25. The number of amides is 1. The van der Waals surface area contributed by atoms with Crippen LogP contribution in [-0.2, 0) is 0 Å². The first-order valence-electron chi connectivity index (χ1n) is 8.73. The molecule has 26 heavy (non-hydrogen) atoms. The summed E-state index contributed by atoms with van der Waals surface area (Å²) in [6.45, 7) is 9.89. The number of carbonyl (C=O) groups is 1. The van der Waals surface area contributed by atoms with Crippen molar-refractivity contribution in [3.63, 3.8) is 0 Å². The van der Waals surface area contributed by atoms with Crippen molar-refractivity contribution in [1.82, 2.24) is 14.8 Å². The molecule has 3 rings (SSSR count). The highest BCUT2D eigenvalue weighted by Gasteiger charge is 2.19. The molecule has 0 atom stereocenters. The van der Waals surface area contributed by atoms with Gasteiger partial charge in [-0.05, 0) is 56.5 Å². The zero-order valence-electron chi connectivity index (χ0n) is 15.7. The Balaban J connectivity index is 2.09. The third-order valence-electron chi connectivity index (χ3n) is 4.35. The maximum absolute atomic E-state index is 13.3. The fourth-order valence-corrected chi connectivity index (χ4v) is 2.86. The summed E-state index contributed by atoms with van der Waals surface area (Å²) < 4.78 is 15.1. The number of rotatable bonds is 4. The first-order chi connectivity index (χ1) is 12.3. The second-order valence-electron chi connectivity index (χ2n) is 7.08. The SMILES string of the molecule is Cc1cc(F)ccc1NC(=O)c1cc(C(C)C)nc2c1cnn2C(C)C. The highest BCUT2D eigenvalue weighted by molar-refractivity contribution is 6.12. The molecule has 1 aromatic carbocycles. The Morgan fingerprint density at radius 2 is 1.92 bits per heavy atom. The van der Waals surface area contributed by atoms with Gasteiger partial charge in [-0.3, -0.25) is 4.79 Å². The molecule has 0 aliphatic heterocycles. The van der Waals surface area contributed by atoms with Crippen molar-refractivity contribution < 1.29 is 9.18 Å². The van der Waals surface area contributed by atoms with Crippen LogP contribution in [0.5, 0.6) is 0 Å². The van der Waals surface area contributed by atoms with Crippen molar-refractivity contribution in [2.24, 2.45) is 0 Å². The molecule has 0 saturated heterocycles. The molecule has 0 aliphatic rings. The van der Waals surface area contributed by atoms with Crippen molar-refractivity contribution in [1.29, 1.82) is 0 Å². The largest absolute Gasteiger partial charge is 0.322 e. The lowest BCUT2D eigenvalue weighted by Crippen LogP contribution is -2.15. The fraction of sp³-hybridized carbons (Fsp3) is 0.350. The van der Waals surface area contributed by atoms with Crippen LogP contribution in [-0.4, -0.2) is 20.7 Å². The van der Waals surface area contributed by atoms with Crippen molar-refractivity contribution in [2.75, 3.05) is 5.32 Å². The molecule has 0 spiro atoms. The molecule has 2 aromatic heterocycles. The fourth-order valence-electron chi connectivity index (χ4n) is 2.86. The van der Waals surface area contributed by atoms with Crippen molar-refractivity contribution in [2.45, 2.75) is 46.6 Å². The Kier molecular flexibility index (Phi) is 4.76. The van der Waals surface area contributed by atoms with Crippen LogP contribution < -0.4 is 5.32 Å². The van der Waals surface area contributed by atoms with E-state index in [4.69, 9.17) is 4.98 Å². The standard InChI is InChI=1S/C20H23FN4O/c1-11(2)18-9-15(16-10-22-25(12(3)4)19(16)23-18)20(26)24-17-7-6-14(21)8-13(17)5/h6-12H,1-5H3,(H,24,26). The van der Waals surface area contributed by atoms with Gasteiger partial charge in [0, 0.05) is 17.4 Å². The van der Waals surface area contributed by atoms with E-state index in [1.807, 2.05) is 38.4 Å². The van der Waals surface area contributed by atoms with Gasteiger partial charge in [0.15, 0.2) is 5.65 Å². The number of pyridine rings is 1. The second-order valence-corrected chi connectivity index (χ2v) is 7.08. The minimum absolute atomic E-state index is 0.137. The average Bonchev–Trinajstić information content (AvgIpc) is 3.00. The van der Waals surface area contributed by atoms with Crippen LogP contribution in [0.4, 0.5) is 10.1 Å². The van der Waals surface area contributed by atoms with E-state index in [0.717, 1.165) is 5.69 Å². The Labute approximate surface area is 152 Å². The molecular formula is C20H23FN4O. The van der Waals surface area contributed by atoms with E-state index < -0.39 is 0 Å². The van der Waals surface area contributed by atoms with Gasteiger partial charge in [0.05, 0.1) is 17.1 Å². The Morgan fingerprint density at radius 1 is 1.19 bits per heavy atom. The molecule has 136 valence electrons. The molecule has 0 radical (unpaired) electrons. The number of halogens is 1. The van der Waals surface area contributed by atoms with E-state index >= 15 is 0 Å². The summed E-state index contributed by atoms with van der Waals surface area (Å²) in [6.07, 6.45) is 1.68. The number of hydrogen-bond donors (Lipinski definition) is 1. The van der Waals surface area contributed by atoms with Gasteiger partial charge < -0.3 is 5.32 Å². The van der Waals surface area contributed by atoms with Gasteiger partial charge in [0.1, 0.15) is 5.82 Å². The Hall–Kier alpha value is -2.76. The van der Waals surface area contributed by atoms with Crippen LogP contribution in [0.15, 0.2) is 30.5 Å². The molecule has 0 aliphatic carbocycles. The third kappa shape index (κ3) is 3.31. The monoisotopic (exact) mass is 354 g/mol. The maximum atomic E-state index is 13.3. The van der Waals surface area contributed by atoms with Crippen LogP contribution in [0.25, 0.3) is 11.0 Å². The molecule has 6 heteroatoms. The second kappa shape index (κ2) is 6.86. The molecule has 2 heterocycles. The quantitative estimate of drug-likeness (QED) is 0.729. The molecule has 0 fully saturated rings. The normalized spacial score (nSPS) is 11.5. The van der Waals surface area contributed by atoms with Crippen molar-refractivity contribution >= 4 is 22.6 Å². The average molecular weight is 354 g/mol. The lowest BCUT2D eigenvalue weighted by atomic mass is 10.0. The van der Waals surface area contributed by atoms with Crippen LogP contribution in [0, 0.1) is 12.7 Å². The highest BCUT2D eigenvalue weighted by atomic mass is 19.1. The van der Waals surface area contributed by atoms with Gasteiger partial charge in [-0.2, -0.15) is 5.10 Å². The number of carbonyl (C=O) groups excluding carboxylic acids is 1. The zero-order chi connectivity index (χ0) is 19.0. The molecule has 0 bridgehead atoms. The van der Waals surface area contributed by atoms with Gasteiger partial charge >= 0.3 is 0 Å². The third-order valence-corrected chi connectivity index (χ3v) is 4.35. The maximum Gasteiger partial charge on any atom is 0.256 e. The lowest BCUT2D eigenvalue weighted by Gasteiger charge is -2.13. The Morgan fingerprint density at radius 3 is 2.54 bits per heavy atom. The van der Waals surface area contributed by atoms with Gasteiger partial charge in [-0.1, -0.05) is 13.8 Å². The minimum atomic E-state index is -0.327. The van der Waals surface area contributed by atoms with Crippen molar-refractivity contribution in [3.05, 3.63) is 53.1 Å². The number of benzene rings is 1. The minimum Gasteiger partial charge on any atom is -0.322 e. The van der Waals surface area contributed by atoms with E-state index in [9.17, 15) is 9.18 Å². The summed E-state index contributed by atoms with van der Waals surface area (Å²) in [5.74, 6) is -0.404. The molecule has 5 nitrogen and oxygen atoms in total. The lowest BCUT2D eigenvalue weighted by molar-refractivity contribution is 0.102. The summed E-state index contributed by atoms with van der Waals surface area (Å²) in [7, 11) is 0. The summed E-state index contributed by atoms with van der Waals surface area (Å²) in [6, 6.07) is 6.25. The zero-order valence-corrected chi connectivity index (χ0v) is 15.7. The molecular weight excluding hydrogens is 331 g/mol. The van der Waals surface area contributed by atoms with Crippen LogP contribution >= 0.6 is 0 Å². The van der Waals surface area contributed by atoms with Crippen LogP contribution in [0.2, 0.25) is 0 Å². The first-order valence-corrected chi connectivity index (χ1v) is 8.73. The summed E-state index contributed by atoms with van der Waals surface area (Å²) in [5.41, 5.74) is 3.32. The van der Waals surface area contributed by atoms with Crippen LogP contribution in [0.3, 0.4) is 0 Å². The number of aryl methyl sites for hydroxylation is 1. The van der Waals surface area contributed by atoms with Gasteiger partial charge in [-0.25, -0.2) is 14.1 Å². The van der Waals surface area contributed by atoms with E-state index in [1.54, 1.807) is 19.2 Å². The summed E-state index contributed by atoms with van der Waals surface area (Å²) in [5, 5.41) is 7.99. The molecule has 1 amide bonds. The van der Waals surface area contributed by atoms with Gasteiger partial charge in [0.2, 0.25) is 0 Å². The predicted octanol–water partition coefficient (Wildman–Crippen LogP) is 4.84. The number of aromatic nitrogens is 3. The summed E-state index contributed by atoms with van der Waals surface area (Å²) in [4.78, 5) is 17.7. The number of fused-ring (bicyclic) bond motifs is 1. The van der Waals surface area contributed by atoms with E-state index in [-0.39, 0.29) is 23.7 Å². The number of hydrogen-bond acceptors (Lipinski definition) is 3. The molecule has 0 unspecified atom stereocenters. The van der Waals surface area contributed by atoms with Gasteiger partial charge in [0.25, 0.3) is 5.91 Å².